The van der Waals surface area contributed by atoms with Crippen molar-refractivity contribution in [3.8, 4) is 0 Å². The van der Waals surface area contributed by atoms with Gasteiger partial charge in [0.25, 0.3) is 0 Å². The first-order valence-electron chi connectivity index (χ1n) is 4.41. The Balaban J connectivity index is 3.94. The molecule has 0 saturated carbocycles. The van der Waals surface area contributed by atoms with Gasteiger partial charge in [0, 0.05) is 14.2 Å². The monoisotopic (exact) mass is 176 g/mol. The van der Waals surface area contributed by atoms with Crippen molar-refractivity contribution in [2.24, 2.45) is 0 Å². The van der Waals surface area contributed by atoms with Gasteiger partial charge in [0.05, 0.1) is 12.2 Å². The van der Waals surface area contributed by atoms with Crippen LogP contribution in [0.1, 0.15) is 26.7 Å². The second-order valence-electron chi connectivity index (χ2n) is 3.00. The SMILES string of the molecule is CCCC(O)C(OC)C(C)OC. The van der Waals surface area contributed by atoms with Crippen molar-refractivity contribution in [3.63, 3.8) is 0 Å². The molecule has 1 N–H and O–H groups in total. The molecule has 0 radical (unpaired) electrons. The van der Waals surface area contributed by atoms with Crippen molar-refractivity contribution >= 4 is 0 Å². The summed E-state index contributed by atoms with van der Waals surface area (Å²) in [7, 11) is 3.22. The minimum absolute atomic E-state index is 0.0588. The molecule has 74 valence electrons. The van der Waals surface area contributed by atoms with E-state index < -0.39 is 6.10 Å². The zero-order valence-electron chi connectivity index (χ0n) is 8.41. The lowest BCUT2D eigenvalue weighted by Gasteiger charge is -2.25. The van der Waals surface area contributed by atoms with Crippen LogP contribution in [0.4, 0.5) is 0 Å². The number of rotatable bonds is 6. The van der Waals surface area contributed by atoms with Crippen LogP contribution in [-0.2, 0) is 9.47 Å². The van der Waals surface area contributed by atoms with Gasteiger partial charge < -0.3 is 14.6 Å². The Hall–Kier alpha value is -0.120. The molecule has 0 saturated heterocycles. The number of aliphatic hydroxyl groups is 1. The van der Waals surface area contributed by atoms with E-state index in [0.717, 1.165) is 12.8 Å². The van der Waals surface area contributed by atoms with Gasteiger partial charge in [0.2, 0.25) is 0 Å². The Morgan fingerprint density at radius 3 is 2.17 bits per heavy atom. The Morgan fingerprint density at radius 2 is 1.83 bits per heavy atom. The minimum Gasteiger partial charge on any atom is -0.390 e. The lowest BCUT2D eigenvalue weighted by molar-refractivity contribution is -0.0902. The predicted molar refractivity (Wildman–Crippen MR) is 48.2 cm³/mol. The second kappa shape index (κ2) is 6.40. The largest absolute Gasteiger partial charge is 0.390 e. The van der Waals surface area contributed by atoms with E-state index in [9.17, 15) is 5.11 Å². The average Bonchev–Trinajstić information content (AvgIpc) is 2.06. The maximum atomic E-state index is 9.61. The van der Waals surface area contributed by atoms with Crippen molar-refractivity contribution < 1.29 is 14.6 Å². The summed E-state index contributed by atoms with van der Waals surface area (Å²) < 4.78 is 10.2. The van der Waals surface area contributed by atoms with Crippen LogP contribution >= 0.6 is 0 Å². The van der Waals surface area contributed by atoms with E-state index in [0.29, 0.717) is 0 Å². The van der Waals surface area contributed by atoms with Gasteiger partial charge in [0.1, 0.15) is 6.10 Å². The molecule has 0 aromatic rings. The third-order valence-electron chi connectivity index (χ3n) is 2.07. The van der Waals surface area contributed by atoms with Crippen molar-refractivity contribution in [1.82, 2.24) is 0 Å². The van der Waals surface area contributed by atoms with Crippen molar-refractivity contribution in [2.45, 2.75) is 45.0 Å². The number of aliphatic hydroxyl groups excluding tert-OH is 1. The van der Waals surface area contributed by atoms with E-state index in [-0.39, 0.29) is 12.2 Å². The number of hydrogen-bond donors (Lipinski definition) is 1. The molecule has 0 aliphatic heterocycles. The Bertz CT molecular complexity index is 106. The van der Waals surface area contributed by atoms with Crippen LogP contribution in [0.2, 0.25) is 0 Å². The van der Waals surface area contributed by atoms with Gasteiger partial charge >= 0.3 is 0 Å². The van der Waals surface area contributed by atoms with Crippen LogP contribution in [0.5, 0.6) is 0 Å². The van der Waals surface area contributed by atoms with E-state index in [4.69, 9.17) is 9.47 Å². The molecule has 12 heavy (non-hydrogen) atoms. The lowest BCUT2D eigenvalue weighted by atomic mass is 10.0. The summed E-state index contributed by atoms with van der Waals surface area (Å²) in [6.07, 6.45) is 1.02. The molecule has 0 aromatic carbocycles. The van der Waals surface area contributed by atoms with Crippen LogP contribution in [0, 0.1) is 0 Å². The molecule has 0 rings (SSSR count). The summed E-state index contributed by atoms with van der Waals surface area (Å²) in [5.74, 6) is 0. The van der Waals surface area contributed by atoms with Crippen LogP contribution < -0.4 is 0 Å². The number of hydrogen-bond acceptors (Lipinski definition) is 3. The number of methoxy groups -OCH3 is 2. The molecule has 0 aliphatic carbocycles. The molecule has 0 aromatic heterocycles. The average molecular weight is 176 g/mol. The molecule has 3 atom stereocenters. The van der Waals surface area contributed by atoms with E-state index in [1.54, 1.807) is 14.2 Å². The van der Waals surface area contributed by atoms with E-state index in [2.05, 4.69) is 0 Å². The lowest BCUT2D eigenvalue weighted by Crippen LogP contribution is -2.38. The summed E-state index contributed by atoms with van der Waals surface area (Å²) in [4.78, 5) is 0. The minimum atomic E-state index is -0.421. The Morgan fingerprint density at radius 1 is 1.25 bits per heavy atom. The highest BCUT2D eigenvalue weighted by Crippen LogP contribution is 2.11. The summed E-state index contributed by atoms with van der Waals surface area (Å²) in [5, 5.41) is 9.61. The highest BCUT2D eigenvalue weighted by atomic mass is 16.5. The topological polar surface area (TPSA) is 38.7 Å². The second-order valence-corrected chi connectivity index (χ2v) is 3.00. The molecule has 0 fully saturated rings. The molecular weight excluding hydrogens is 156 g/mol. The van der Waals surface area contributed by atoms with Crippen LogP contribution in [0.3, 0.4) is 0 Å². The summed E-state index contributed by atoms with van der Waals surface area (Å²) in [6, 6.07) is 0. The molecule has 0 spiro atoms. The molecule has 3 nitrogen and oxygen atoms in total. The third kappa shape index (κ3) is 3.52. The van der Waals surface area contributed by atoms with E-state index >= 15 is 0 Å². The molecular formula is C9H20O3. The van der Waals surface area contributed by atoms with E-state index in [1.807, 2.05) is 13.8 Å². The zero-order valence-corrected chi connectivity index (χ0v) is 8.41. The van der Waals surface area contributed by atoms with Crippen LogP contribution in [-0.4, -0.2) is 37.6 Å². The molecule has 0 heterocycles. The molecule has 3 unspecified atom stereocenters. The van der Waals surface area contributed by atoms with Gasteiger partial charge in [-0.2, -0.15) is 0 Å². The molecule has 3 heteroatoms. The highest BCUT2D eigenvalue weighted by molar-refractivity contribution is 4.74. The van der Waals surface area contributed by atoms with E-state index in [1.165, 1.54) is 0 Å². The summed E-state index contributed by atoms with van der Waals surface area (Å²) in [6.45, 7) is 3.93. The summed E-state index contributed by atoms with van der Waals surface area (Å²) >= 11 is 0. The van der Waals surface area contributed by atoms with Crippen LogP contribution in [0.15, 0.2) is 0 Å². The van der Waals surface area contributed by atoms with Crippen molar-refractivity contribution in [3.05, 3.63) is 0 Å². The highest BCUT2D eigenvalue weighted by Gasteiger charge is 2.23. The molecule has 0 amide bonds. The van der Waals surface area contributed by atoms with Crippen LogP contribution in [0.25, 0.3) is 0 Å². The van der Waals surface area contributed by atoms with Crippen molar-refractivity contribution in [1.29, 1.82) is 0 Å². The quantitative estimate of drug-likeness (QED) is 0.661. The first-order valence-corrected chi connectivity index (χ1v) is 4.41. The molecule has 0 aliphatic rings. The van der Waals surface area contributed by atoms with Gasteiger partial charge in [-0.1, -0.05) is 13.3 Å². The van der Waals surface area contributed by atoms with Gasteiger partial charge in [-0.25, -0.2) is 0 Å². The fourth-order valence-electron chi connectivity index (χ4n) is 1.26. The van der Waals surface area contributed by atoms with Gasteiger partial charge in [-0.05, 0) is 13.3 Å². The standard InChI is InChI=1S/C9H20O3/c1-5-6-8(10)9(12-4)7(2)11-3/h7-10H,5-6H2,1-4H3. The van der Waals surface area contributed by atoms with Gasteiger partial charge in [0.15, 0.2) is 0 Å². The smallest absolute Gasteiger partial charge is 0.109 e. The fraction of sp³-hybridized carbons (Fsp3) is 1.00. The third-order valence-corrected chi connectivity index (χ3v) is 2.07. The van der Waals surface area contributed by atoms with Crippen molar-refractivity contribution in [2.75, 3.05) is 14.2 Å². The zero-order chi connectivity index (χ0) is 9.56. The fourth-order valence-corrected chi connectivity index (χ4v) is 1.26. The predicted octanol–water partition coefficient (Wildman–Crippen LogP) is 1.20. The maximum absolute atomic E-state index is 9.61. The normalized spacial score (nSPS) is 18.8. The summed E-state index contributed by atoms with van der Waals surface area (Å²) in [5.41, 5.74) is 0. The maximum Gasteiger partial charge on any atom is 0.109 e. The molecule has 0 bridgehead atoms. The Labute approximate surface area is 74.7 Å². The first-order chi connectivity index (χ1) is 5.67. The van der Waals surface area contributed by atoms with Gasteiger partial charge in [-0.15, -0.1) is 0 Å². The first kappa shape index (κ1) is 11.9. The van der Waals surface area contributed by atoms with Gasteiger partial charge in [-0.3, -0.25) is 0 Å². The number of ether oxygens (including phenoxy) is 2. The Kier molecular flexibility index (Phi) is 6.34.